The standard InChI is InChI=1S/C15H14N4S/c1-2-3-13-14(20-15(18)19-13)7-10-4-5-11(8-16)12(6-10)9-17/h4-6H,2-3,7H2,1H3,(H2,18,19). The van der Waals surface area contributed by atoms with Crippen LogP contribution in [-0.4, -0.2) is 4.98 Å². The number of hydrogen-bond donors (Lipinski definition) is 1. The van der Waals surface area contributed by atoms with E-state index in [1.807, 2.05) is 12.1 Å². The van der Waals surface area contributed by atoms with Crippen LogP contribution in [0.2, 0.25) is 0 Å². The number of aromatic nitrogens is 1. The molecule has 2 N–H and O–H groups in total. The molecular formula is C15H14N4S. The van der Waals surface area contributed by atoms with Crippen molar-refractivity contribution in [1.29, 1.82) is 10.5 Å². The van der Waals surface area contributed by atoms with Crippen molar-refractivity contribution in [2.75, 3.05) is 5.73 Å². The lowest BCUT2D eigenvalue weighted by Crippen LogP contribution is -1.94. The Bertz CT molecular complexity index is 704. The molecule has 0 amide bonds. The largest absolute Gasteiger partial charge is 0.375 e. The van der Waals surface area contributed by atoms with Crippen molar-refractivity contribution < 1.29 is 0 Å². The summed E-state index contributed by atoms with van der Waals surface area (Å²) in [6, 6.07) is 9.42. The maximum Gasteiger partial charge on any atom is 0.180 e. The van der Waals surface area contributed by atoms with Crippen LogP contribution in [0.15, 0.2) is 18.2 Å². The molecule has 0 saturated heterocycles. The highest BCUT2D eigenvalue weighted by Gasteiger charge is 2.11. The van der Waals surface area contributed by atoms with Gasteiger partial charge in [-0.2, -0.15) is 10.5 Å². The molecule has 1 aromatic carbocycles. The molecule has 0 aliphatic heterocycles. The van der Waals surface area contributed by atoms with Crippen LogP contribution in [0.1, 0.15) is 40.6 Å². The lowest BCUT2D eigenvalue weighted by atomic mass is 10.0. The van der Waals surface area contributed by atoms with Crippen LogP contribution in [0.25, 0.3) is 0 Å². The van der Waals surface area contributed by atoms with Crippen molar-refractivity contribution in [2.24, 2.45) is 0 Å². The van der Waals surface area contributed by atoms with E-state index in [4.69, 9.17) is 16.3 Å². The van der Waals surface area contributed by atoms with Gasteiger partial charge in [0.25, 0.3) is 0 Å². The van der Waals surface area contributed by atoms with E-state index in [1.165, 1.54) is 11.3 Å². The summed E-state index contributed by atoms with van der Waals surface area (Å²) in [6.07, 6.45) is 2.63. The molecule has 0 atom stereocenters. The Hall–Kier alpha value is -2.37. The maximum absolute atomic E-state index is 9.05. The Morgan fingerprint density at radius 3 is 2.65 bits per heavy atom. The Kier molecular flexibility index (Phi) is 4.34. The molecule has 1 heterocycles. The van der Waals surface area contributed by atoms with Gasteiger partial charge in [-0.3, -0.25) is 0 Å². The first kappa shape index (κ1) is 14.0. The fourth-order valence-corrected chi connectivity index (χ4v) is 2.96. The third kappa shape index (κ3) is 2.96. The van der Waals surface area contributed by atoms with Gasteiger partial charge in [-0.15, -0.1) is 11.3 Å². The molecule has 100 valence electrons. The fraction of sp³-hybridized carbons (Fsp3) is 0.267. The second-order valence-electron chi connectivity index (χ2n) is 4.45. The lowest BCUT2D eigenvalue weighted by Gasteiger charge is -2.03. The summed E-state index contributed by atoms with van der Waals surface area (Å²) in [5.41, 5.74) is 8.65. The number of nitrogens with two attached hydrogens (primary N) is 1. The van der Waals surface area contributed by atoms with Gasteiger partial charge in [-0.25, -0.2) is 4.98 Å². The molecule has 4 nitrogen and oxygen atoms in total. The highest BCUT2D eigenvalue weighted by Crippen LogP contribution is 2.25. The first-order chi connectivity index (χ1) is 9.67. The Morgan fingerprint density at radius 2 is 2.00 bits per heavy atom. The summed E-state index contributed by atoms with van der Waals surface area (Å²) in [7, 11) is 0. The van der Waals surface area contributed by atoms with Crippen LogP contribution in [0.3, 0.4) is 0 Å². The van der Waals surface area contributed by atoms with Crippen molar-refractivity contribution in [1.82, 2.24) is 4.98 Å². The summed E-state index contributed by atoms with van der Waals surface area (Å²) in [5, 5.41) is 18.6. The predicted octanol–water partition coefficient (Wildman–Crippen LogP) is 3.01. The molecule has 1 aromatic heterocycles. The van der Waals surface area contributed by atoms with E-state index in [1.54, 1.807) is 12.1 Å². The van der Waals surface area contributed by atoms with E-state index in [-0.39, 0.29) is 0 Å². The molecule has 2 rings (SSSR count). The second-order valence-corrected chi connectivity index (χ2v) is 5.57. The van der Waals surface area contributed by atoms with Gasteiger partial charge in [-0.05, 0) is 24.1 Å². The number of anilines is 1. The quantitative estimate of drug-likeness (QED) is 0.933. The normalized spacial score (nSPS) is 9.95. The van der Waals surface area contributed by atoms with Gasteiger partial charge >= 0.3 is 0 Å². The van der Waals surface area contributed by atoms with Gasteiger partial charge < -0.3 is 5.73 Å². The zero-order chi connectivity index (χ0) is 14.5. The summed E-state index contributed by atoms with van der Waals surface area (Å²) >= 11 is 1.49. The Morgan fingerprint density at radius 1 is 1.25 bits per heavy atom. The molecule has 0 unspecified atom stereocenters. The highest BCUT2D eigenvalue weighted by molar-refractivity contribution is 7.15. The van der Waals surface area contributed by atoms with Crippen LogP contribution in [0.5, 0.6) is 0 Å². The zero-order valence-corrected chi connectivity index (χ0v) is 12.0. The summed E-state index contributed by atoms with van der Waals surface area (Å²) in [4.78, 5) is 5.49. The topological polar surface area (TPSA) is 86.5 Å². The molecule has 0 fully saturated rings. The number of nitrogens with zero attached hydrogens (tertiary/aromatic N) is 3. The number of hydrogen-bond acceptors (Lipinski definition) is 5. The third-order valence-corrected chi connectivity index (χ3v) is 3.90. The molecular weight excluding hydrogens is 268 g/mol. The number of rotatable bonds is 4. The van der Waals surface area contributed by atoms with Crippen molar-refractivity contribution in [3.63, 3.8) is 0 Å². The fourth-order valence-electron chi connectivity index (χ4n) is 2.05. The number of benzene rings is 1. The smallest absolute Gasteiger partial charge is 0.180 e. The van der Waals surface area contributed by atoms with Crippen molar-refractivity contribution in [2.45, 2.75) is 26.2 Å². The van der Waals surface area contributed by atoms with E-state index < -0.39 is 0 Å². The molecule has 0 spiro atoms. The summed E-state index contributed by atoms with van der Waals surface area (Å²) in [6.45, 7) is 2.11. The minimum atomic E-state index is 0.411. The first-order valence-electron chi connectivity index (χ1n) is 6.35. The molecule has 0 bridgehead atoms. The van der Waals surface area contributed by atoms with Crippen LogP contribution < -0.4 is 5.73 Å². The van der Waals surface area contributed by atoms with Crippen LogP contribution in [-0.2, 0) is 12.8 Å². The SMILES string of the molecule is CCCc1nc(N)sc1Cc1ccc(C#N)c(C#N)c1. The molecule has 5 heteroatoms. The minimum absolute atomic E-state index is 0.411. The second kappa shape index (κ2) is 6.18. The Labute approximate surface area is 122 Å². The maximum atomic E-state index is 9.05. The van der Waals surface area contributed by atoms with E-state index in [9.17, 15) is 0 Å². The Balaban J connectivity index is 2.31. The number of nitrogen functional groups attached to an aromatic ring is 1. The van der Waals surface area contributed by atoms with E-state index in [0.29, 0.717) is 22.7 Å². The predicted molar refractivity (Wildman–Crippen MR) is 79.2 cm³/mol. The van der Waals surface area contributed by atoms with Crippen molar-refractivity contribution in [3.05, 3.63) is 45.5 Å². The van der Waals surface area contributed by atoms with Gasteiger partial charge in [-0.1, -0.05) is 19.4 Å². The monoisotopic (exact) mass is 282 g/mol. The van der Waals surface area contributed by atoms with Gasteiger partial charge in [0.2, 0.25) is 0 Å². The molecule has 0 aliphatic rings. The first-order valence-corrected chi connectivity index (χ1v) is 7.16. The third-order valence-electron chi connectivity index (χ3n) is 2.97. The average Bonchev–Trinajstić information content (AvgIpc) is 2.79. The number of aryl methyl sites for hydroxylation is 1. The van der Waals surface area contributed by atoms with Crippen LogP contribution in [0.4, 0.5) is 5.13 Å². The molecule has 0 aliphatic carbocycles. The summed E-state index contributed by atoms with van der Waals surface area (Å²) < 4.78 is 0. The van der Waals surface area contributed by atoms with E-state index in [2.05, 4.69) is 18.0 Å². The molecule has 0 saturated carbocycles. The number of thiazole rings is 1. The van der Waals surface area contributed by atoms with Crippen molar-refractivity contribution >= 4 is 16.5 Å². The average molecular weight is 282 g/mol. The molecule has 0 radical (unpaired) electrons. The summed E-state index contributed by atoms with van der Waals surface area (Å²) in [5.74, 6) is 0. The van der Waals surface area contributed by atoms with E-state index in [0.717, 1.165) is 29.0 Å². The highest BCUT2D eigenvalue weighted by atomic mass is 32.1. The van der Waals surface area contributed by atoms with Crippen molar-refractivity contribution in [3.8, 4) is 12.1 Å². The molecule has 20 heavy (non-hydrogen) atoms. The van der Waals surface area contributed by atoms with Gasteiger partial charge in [0.1, 0.15) is 12.1 Å². The van der Waals surface area contributed by atoms with Gasteiger partial charge in [0.05, 0.1) is 16.8 Å². The van der Waals surface area contributed by atoms with Gasteiger partial charge in [0.15, 0.2) is 5.13 Å². The zero-order valence-electron chi connectivity index (χ0n) is 11.2. The minimum Gasteiger partial charge on any atom is -0.375 e. The lowest BCUT2D eigenvalue weighted by molar-refractivity contribution is 0.879. The van der Waals surface area contributed by atoms with E-state index >= 15 is 0 Å². The van der Waals surface area contributed by atoms with Crippen LogP contribution >= 0.6 is 11.3 Å². The van der Waals surface area contributed by atoms with Gasteiger partial charge in [0, 0.05) is 11.3 Å². The number of nitriles is 2. The van der Waals surface area contributed by atoms with Crippen LogP contribution in [0, 0.1) is 22.7 Å². The molecule has 2 aromatic rings.